The molecule has 0 radical (unpaired) electrons. The minimum Gasteiger partial charge on any atom is -0.481 e. The number of hydrogen-bond acceptors (Lipinski definition) is 5. The number of carboxylic acid groups (broad SMARTS) is 1. The van der Waals surface area contributed by atoms with Crippen LogP contribution in [-0.4, -0.2) is 78.5 Å². The Morgan fingerprint density at radius 1 is 1.12 bits per heavy atom. The smallest absolute Gasteiger partial charge is 0.410 e. The van der Waals surface area contributed by atoms with Crippen molar-refractivity contribution in [1.82, 2.24) is 9.80 Å². The zero-order valence-electron chi connectivity index (χ0n) is 15.0. The van der Waals surface area contributed by atoms with E-state index in [0.717, 1.165) is 19.6 Å². The second-order valence-electron chi connectivity index (χ2n) is 7.76. The highest BCUT2D eigenvalue weighted by atomic mass is 16.6. The lowest BCUT2D eigenvalue weighted by Crippen LogP contribution is -2.51. The number of carboxylic acids is 1. The Bertz CT molecular complexity index is 446. The maximum atomic E-state index is 12.1. The van der Waals surface area contributed by atoms with E-state index in [0.29, 0.717) is 45.6 Å². The number of carbonyl (C=O) groups is 2. The Labute approximate surface area is 143 Å². The molecule has 2 fully saturated rings. The van der Waals surface area contributed by atoms with E-state index in [9.17, 15) is 14.7 Å². The average molecular weight is 342 g/mol. The summed E-state index contributed by atoms with van der Waals surface area (Å²) in [5, 5.41) is 9.60. The molecule has 0 atom stereocenters. The molecule has 0 aliphatic carbocycles. The Morgan fingerprint density at radius 3 is 2.21 bits per heavy atom. The van der Waals surface area contributed by atoms with Crippen LogP contribution >= 0.6 is 0 Å². The molecule has 2 aliphatic rings. The molecule has 0 bridgehead atoms. The zero-order chi connectivity index (χ0) is 17.8. The van der Waals surface area contributed by atoms with E-state index in [1.807, 2.05) is 20.8 Å². The highest BCUT2D eigenvalue weighted by Gasteiger charge is 2.40. The fourth-order valence-electron chi connectivity index (χ4n) is 3.19. The number of ether oxygens (including phenoxy) is 2. The number of nitrogens with zero attached hydrogens (tertiary/aromatic N) is 2. The van der Waals surface area contributed by atoms with Crippen LogP contribution < -0.4 is 0 Å². The van der Waals surface area contributed by atoms with E-state index in [1.165, 1.54) is 0 Å². The first kappa shape index (κ1) is 19.0. The largest absolute Gasteiger partial charge is 0.481 e. The summed E-state index contributed by atoms with van der Waals surface area (Å²) in [6, 6.07) is 0. The number of piperazine rings is 1. The third-order valence-corrected chi connectivity index (χ3v) is 4.83. The highest BCUT2D eigenvalue weighted by Crippen LogP contribution is 2.34. The summed E-state index contributed by atoms with van der Waals surface area (Å²) in [6.07, 6.45) is 1.53. The fraction of sp³-hybridized carbons (Fsp3) is 0.882. The lowest BCUT2D eigenvalue weighted by Gasteiger charge is -2.38. The summed E-state index contributed by atoms with van der Waals surface area (Å²) in [7, 11) is 0. The normalized spacial score (nSPS) is 22.2. The second kappa shape index (κ2) is 7.70. The van der Waals surface area contributed by atoms with Gasteiger partial charge in [-0.05, 0) is 46.6 Å². The van der Waals surface area contributed by atoms with Crippen LogP contribution in [0.1, 0.15) is 40.0 Å². The Hall–Kier alpha value is -1.34. The van der Waals surface area contributed by atoms with Crippen molar-refractivity contribution in [3.8, 4) is 0 Å². The van der Waals surface area contributed by atoms with Gasteiger partial charge in [-0.3, -0.25) is 9.69 Å². The molecule has 2 rings (SSSR count). The van der Waals surface area contributed by atoms with E-state index in [2.05, 4.69) is 4.90 Å². The van der Waals surface area contributed by atoms with Gasteiger partial charge in [0.15, 0.2) is 0 Å². The van der Waals surface area contributed by atoms with Gasteiger partial charge in [-0.1, -0.05) is 0 Å². The summed E-state index contributed by atoms with van der Waals surface area (Å²) in [6.45, 7) is 10.1. The molecule has 2 saturated heterocycles. The Balaban J connectivity index is 1.78. The zero-order valence-corrected chi connectivity index (χ0v) is 15.0. The van der Waals surface area contributed by atoms with Crippen LogP contribution in [0.15, 0.2) is 0 Å². The van der Waals surface area contributed by atoms with E-state index in [1.54, 1.807) is 4.90 Å². The van der Waals surface area contributed by atoms with Gasteiger partial charge < -0.3 is 19.5 Å². The quantitative estimate of drug-likeness (QED) is 0.839. The Kier molecular flexibility index (Phi) is 6.09. The van der Waals surface area contributed by atoms with E-state index in [-0.39, 0.29) is 6.09 Å². The summed E-state index contributed by atoms with van der Waals surface area (Å²) >= 11 is 0. The molecule has 24 heavy (non-hydrogen) atoms. The monoisotopic (exact) mass is 342 g/mol. The number of carbonyl (C=O) groups excluding carboxylic acids is 1. The predicted octanol–water partition coefficient (Wildman–Crippen LogP) is 1.81. The summed E-state index contributed by atoms with van der Waals surface area (Å²) in [5.41, 5.74) is -1.13. The molecule has 7 heteroatoms. The van der Waals surface area contributed by atoms with Gasteiger partial charge >= 0.3 is 12.1 Å². The molecule has 7 nitrogen and oxygen atoms in total. The van der Waals surface area contributed by atoms with Crippen LogP contribution in [-0.2, 0) is 14.3 Å². The number of aliphatic carboxylic acids is 1. The van der Waals surface area contributed by atoms with Crippen molar-refractivity contribution < 1.29 is 24.2 Å². The van der Waals surface area contributed by atoms with Gasteiger partial charge in [0.1, 0.15) is 5.60 Å². The number of amides is 1. The molecule has 0 unspecified atom stereocenters. The number of hydrogen-bond donors (Lipinski definition) is 1. The van der Waals surface area contributed by atoms with Crippen molar-refractivity contribution in [2.75, 3.05) is 45.9 Å². The standard InChI is InChI=1S/C17H30N2O5/c1-16(2,3)24-15(22)19-10-8-18(9-11-19)7-4-17(14(20)21)5-12-23-13-6-17/h4-13H2,1-3H3,(H,20,21). The molecule has 0 aromatic rings. The summed E-state index contributed by atoms with van der Waals surface area (Å²) < 4.78 is 10.7. The average Bonchev–Trinajstić information content (AvgIpc) is 2.52. The molecule has 0 saturated carbocycles. The molecule has 2 aliphatic heterocycles. The van der Waals surface area contributed by atoms with Gasteiger partial charge in [0.05, 0.1) is 5.41 Å². The van der Waals surface area contributed by atoms with Gasteiger partial charge in [0, 0.05) is 39.4 Å². The van der Waals surface area contributed by atoms with Crippen molar-refractivity contribution in [3.63, 3.8) is 0 Å². The minimum absolute atomic E-state index is 0.270. The van der Waals surface area contributed by atoms with E-state index in [4.69, 9.17) is 9.47 Å². The van der Waals surface area contributed by atoms with Crippen LogP contribution in [0.4, 0.5) is 4.79 Å². The molecule has 2 heterocycles. The van der Waals surface area contributed by atoms with Crippen molar-refractivity contribution in [3.05, 3.63) is 0 Å². The third-order valence-electron chi connectivity index (χ3n) is 4.83. The van der Waals surface area contributed by atoms with Gasteiger partial charge in [-0.15, -0.1) is 0 Å². The van der Waals surface area contributed by atoms with Crippen LogP contribution in [0, 0.1) is 5.41 Å². The summed E-state index contributed by atoms with van der Waals surface area (Å²) in [4.78, 5) is 27.7. The molecular formula is C17H30N2O5. The van der Waals surface area contributed by atoms with Crippen LogP contribution in [0.25, 0.3) is 0 Å². The lowest BCUT2D eigenvalue weighted by molar-refractivity contribution is -0.155. The molecule has 0 spiro atoms. The highest BCUT2D eigenvalue weighted by molar-refractivity contribution is 5.74. The van der Waals surface area contributed by atoms with Gasteiger partial charge in [-0.2, -0.15) is 0 Å². The molecule has 1 N–H and O–H groups in total. The van der Waals surface area contributed by atoms with Crippen LogP contribution in [0.3, 0.4) is 0 Å². The third kappa shape index (κ3) is 5.08. The fourth-order valence-corrected chi connectivity index (χ4v) is 3.19. The van der Waals surface area contributed by atoms with Crippen molar-refractivity contribution in [1.29, 1.82) is 0 Å². The molecule has 0 aromatic heterocycles. The van der Waals surface area contributed by atoms with Crippen molar-refractivity contribution in [2.24, 2.45) is 5.41 Å². The summed E-state index contributed by atoms with van der Waals surface area (Å²) in [5.74, 6) is -0.710. The number of rotatable bonds is 4. The van der Waals surface area contributed by atoms with Gasteiger partial charge in [0.2, 0.25) is 0 Å². The van der Waals surface area contributed by atoms with Crippen LogP contribution in [0.2, 0.25) is 0 Å². The first-order chi connectivity index (χ1) is 11.2. The molecule has 1 amide bonds. The molecule has 0 aromatic carbocycles. The topological polar surface area (TPSA) is 79.3 Å². The minimum atomic E-state index is -0.710. The van der Waals surface area contributed by atoms with Gasteiger partial charge in [-0.25, -0.2) is 4.79 Å². The predicted molar refractivity (Wildman–Crippen MR) is 89.0 cm³/mol. The van der Waals surface area contributed by atoms with E-state index < -0.39 is 17.0 Å². The molecule has 138 valence electrons. The van der Waals surface area contributed by atoms with Crippen LogP contribution in [0.5, 0.6) is 0 Å². The first-order valence-corrected chi connectivity index (χ1v) is 8.73. The lowest BCUT2D eigenvalue weighted by atomic mass is 9.77. The van der Waals surface area contributed by atoms with E-state index >= 15 is 0 Å². The maximum absolute atomic E-state index is 12.1. The van der Waals surface area contributed by atoms with Gasteiger partial charge in [0.25, 0.3) is 0 Å². The van der Waals surface area contributed by atoms with Crippen molar-refractivity contribution >= 4 is 12.1 Å². The SMILES string of the molecule is CC(C)(C)OC(=O)N1CCN(CCC2(C(=O)O)CCOCC2)CC1. The first-order valence-electron chi connectivity index (χ1n) is 8.73. The molecular weight excluding hydrogens is 312 g/mol. The second-order valence-corrected chi connectivity index (χ2v) is 7.76. The van der Waals surface area contributed by atoms with Crippen molar-refractivity contribution in [2.45, 2.75) is 45.6 Å². The maximum Gasteiger partial charge on any atom is 0.410 e. The Morgan fingerprint density at radius 2 is 1.71 bits per heavy atom.